The molecule has 3 heterocycles. The van der Waals surface area contributed by atoms with Gasteiger partial charge in [-0.15, -0.1) is 0 Å². The molecule has 6 nitrogen and oxygen atoms in total. The van der Waals surface area contributed by atoms with E-state index in [0.717, 1.165) is 43.5 Å². The molecule has 1 aliphatic heterocycles. The molecule has 1 fully saturated rings. The Morgan fingerprint density at radius 2 is 1.96 bits per heavy atom. The number of nitrogens with zero attached hydrogens (tertiary/aromatic N) is 4. The Morgan fingerprint density at radius 1 is 1.17 bits per heavy atom. The van der Waals surface area contributed by atoms with E-state index in [4.69, 9.17) is 9.72 Å². The van der Waals surface area contributed by atoms with Crippen LogP contribution in [-0.2, 0) is 17.3 Å². The van der Waals surface area contributed by atoms with Gasteiger partial charge in [0.05, 0.1) is 18.8 Å². The summed E-state index contributed by atoms with van der Waals surface area (Å²) in [5.41, 5.74) is 2.05. The average Bonchev–Trinajstić information content (AvgIpc) is 3.24. The molecule has 3 aromatic rings. The predicted octanol–water partition coefficient (Wildman–Crippen LogP) is 2.53. The highest BCUT2D eigenvalue weighted by molar-refractivity contribution is 5.93. The van der Waals surface area contributed by atoms with Gasteiger partial charge >= 0.3 is 0 Å². The summed E-state index contributed by atoms with van der Waals surface area (Å²) in [7, 11) is 2.05. The van der Waals surface area contributed by atoms with Gasteiger partial charge in [0.15, 0.2) is 5.82 Å². The van der Waals surface area contributed by atoms with Crippen LogP contribution in [0, 0.1) is 0 Å². The van der Waals surface area contributed by atoms with E-state index >= 15 is 0 Å². The lowest BCUT2D eigenvalue weighted by atomic mass is 10.0. The Morgan fingerprint density at radius 3 is 2.75 bits per heavy atom. The lowest BCUT2D eigenvalue weighted by Gasteiger charge is -2.39. The van der Waals surface area contributed by atoms with Gasteiger partial charge in [-0.1, -0.05) is 12.1 Å². The summed E-state index contributed by atoms with van der Waals surface area (Å²) in [4.78, 5) is 7.22. The molecule has 6 heteroatoms. The predicted molar refractivity (Wildman–Crippen MR) is 93.7 cm³/mol. The molecule has 1 N–H and O–H groups in total. The fourth-order valence-electron chi connectivity index (χ4n) is 3.43. The van der Waals surface area contributed by atoms with Gasteiger partial charge in [0.1, 0.15) is 5.82 Å². The molecule has 126 valence electrons. The van der Waals surface area contributed by atoms with Crippen LogP contribution in [0.2, 0.25) is 0 Å². The molecule has 24 heavy (non-hydrogen) atoms. The van der Waals surface area contributed by atoms with E-state index in [9.17, 15) is 0 Å². The summed E-state index contributed by atoms with van der Waals surface area (Å²) >= 11 is 0. The van der Waals surface area contributed by atoms with Gasteiger partial charge in [0.25, 0.3) is 0 Å². The monoisotopic (exact) mass is 325 g/mol. The number of aromatic nitrogens is 4. The highest BCUT2D eigenvalue weighted by Crippen LogP contribution is 2.30. The minimum atomic E-state index is -0.195. The Hall–Kier alpha value is -2.18. The van der Waals surface area contributed by atoms with Crippen molar-refractivity contribution in [1.82, 2.24) is 24.6 Å². The Kier molecular flexibility index (Phi) is 3.66. The van der Waals surface area contributed by atoms with E-state index in [1.54, 1.807) is 0 Å². The lowest BCUT2D eigenvalue weighted by molar-refractivity contribution is -0.0146. The number of rotatable bonds is 3. The molecule has 4 rings (SSSR count). The quantitative estimate of drug-likeness (QED) is 0.804. The summed E-state index contributed by atoms with van der Waals surface area (Å²) in [6.07, 6.45) is 2.07. The van der Waals surface area contributed by atoms with E-state index < -0.39 is 0 Å². The third-order valence-corrected chi connectivity index (χ3v) is 5.04. The number of hydrogen-bond acceptors (Lipinski definition) is 4. The third kappa shape index (κ3) is 2.42. The summed E-state index contributed by atoms with van der Waals surface area (Å²) < 4.78 is 7.58. The van der Waals surface area contributed by atoms with E-state index in [2.05, 4.69) is 71.0 Å². The standard InChI is InChI=1S/C18H23N5O/c1-18(2,23-9-11-24-12-10-23)17-19-16(20-21-17)14-5-4-6-15-13(14)7-8-22(15)3/h4-8H,9-12H2,1-3H3,(H,19,20,21). The number of aryl methyl sites for hydroxylation is 1. The van der Waals surface area contributed by atoms with Gasteiger partial charge in [-0.25, -0.2) is 4.98 Å². The number of hydrogen-bond donors (Lipinski definition) is 1. The molecule has 0 aliphatic carbocycles. The first-order valence-electron chi connectivity index (χ1n) is 8.37. The van der Waals surface area contributed by atoms with Crippen molar-refractivity contribution in [3.63, 3.8) is 0 Å². The minimum Gasteiger partial charge on any atom is -0.379 e. The first kappa shape index (κ1) is 15.4. The Labute approximate surface area is 141 Å². The maximum absolute atomic E-state index is 5.47. The molecule has 0 bridgehead atoms. The van der Waals surface area contributed by atoms with Crippen LogP contribution in [0.3, 0.4) is 0 Å². The largest absolute Gasteiger partial charge is 0.379 e. The van der Waals surface area contributed by atoms with Crippen molar-refractivity contribution in [2.24, 2.45) is 7.05 Å². The van der Waals surface area contributed by atoms with Crippen LogP contribution >= 0.6 is 0 Å². The molecule has 1 saturated heterocycles. The van der Waals surface area contributed by atoms with Crippen LogP contribution in [0.25, 0.3) is 22.3 Å². The second-order valence-corrected chi connectivity index (χ2v) is 6.83. The second kappa shape index (κ2) is 5.72. The highest BCUT2D eigenvalue weighted by Gasteiger charge is 2.33. The molecule has 0 atom stereocenters. The van der Waals surface area contributed by atoms with Crippen molar-refractivity contribution in [3.8, 4) is 11.4 Å². The SMILES string of the molecule is Cn1ccc2c(-c3n[nH]c(C(C)(C)N4CCOCC4)n3)cccc21. The molecule has 1 aliphatic rings. The van der Waals surface area contributed by atoms with Crippen molar-refractivity contribution in [1.29, 1.82) is 0 Å². The average molecular weight is 325 g/mol. The third-order valence-electron chi connectivity index (χ3n) is 5.04. The zero-order valence-corrected chi connectivity index (χ0v) is 14.4. The maximum atomic E-state index is 5.47. The summed E-state index contributed by atoms with van der Waals surface area (Å²) in [5.74, 6) is 1.65. The second-order valence-electron chi connectivity index (χ2n) is 6.83. The van der Waals surface area contributed by atoms with E-state index in [1.165, 1.54) is 10.9 Å². The Bertz CT molecular complexity index is 857. The summed E-state index contributed by atoms with van der Waals surface area (Å²) in [6.45, 7) is 7.74. The minimum absolute atomic E-state index is 0.195. The fourth-order valence-corrected chi connectivity index (χ4v) is 3.43. The van der Waals surface area contributed by atoms with Crippen molar-refractivity contribution in [2.75, 3.05) is 26.3 Å². The van der Waals surface area contributed by atoms with E-state index in [1.807, 2.05) is 0 Å². The summed E-state index contributed by atoms with van der Waals surface area (Å²) in [6, 6.07) is 8.37. The number of ether oxygens (including phenoxy) is 1. The van der Waals surface area contributed by atoms with Crippen molar-refractivity contribution >= 4 is 10.9 Å². The van der Waals surface area contributed by atoms with E-state index in [-0.39, 0.29) is 5.54 Å². The Balaban J connectivity index is 1.71. The maximum Gasteiger partial charge on any atom is 0.181 e. The topological polar surface area (TPSA) is 59.0 Å². The molecule has 1 aromatic carbocycles. The molecule has 0 spiro atoms. The van der Waals surface area contributed by atoms with Crippen LogP contribution in [0.15, 0.2) is 30.5 Å². The van der Waals surface area contributed by atoms with Gasteiger partial charge < -0.3 is 9.30 Å². The van der Waals surface area contributed by atoms with Crippen molar-refractivity contribution < 1.29 is 4.74 Å². The van der Waals surface area contributed by atoms with Crippen molar-refractivity contribution in [3.05, 3.63) is 36.3 Å². The normalized spacial score (nSPS) is 16.8. The smallest absolute Gasteiger partial charge is 0.181 e. The molecule has 0 radical (unpaired) electrons. The van der Waals surface area contributed by atoms with Crippen LogP contribution in [0.4, 0.5) is 0 Å². The first-order chi connectivity index (χ1) is 11.6. The molecular formula is C18H23N5O. The number of aromatic amines is 1. The molecular weight excluding hydrogens is 302 g/mol. The van der Waals surface area contributed by atoms with Crippen LogP contribution in [-0.4, -0.2) is 51.0 Å². The molecule has 0 amide bonds. The van der Waals surface area contributed by atoms with Gasteiger partial charge in [-0.2, -0.15) is 5.10 Å². The van der Waals surface area contributed by atoms with Crippen LogP contribution in [0.1, 0.15) is 19.7 Å². The number of fused-ring (bicyclic) bond motifs is 1. The van der Waals surface area contributed by atoms with Gasteiger partial charge in [0, 0.05) is 42.8 Å². The van der Waals surface area contributed by atoms with Gasteiger partial charge in [-0.05, 0) is 26.0 Å². The number of benzene rings is 1. The highest BCUT2D eigenvalue weighted by atomic mass is 16.5. The number of nitrogens with one attached hydrogen (secondary N) is 1. The fraction of sp³-hybridized carbons (Fsp3) is 0.444. The molecule has 2 aromatic heterocycles. The number of H-pyrrole nitrogens is 1. The molecule has 0 saturated carbocycles. The molecule has 0 unspecified atom stereocenters. The van der Waals surface area contributed by atoms with Gasteiger partial charge in [-0.3, -0.25) is 10.00 Å². The lowest BCUT2D eigenvalue weighted by Crippen LogP contribution is -2.48. The zero-order valence-electron chi connectivity index (χ0n) is 14.4. The van der Waals surface area contributed by atoms with E-state index in [0.29, 0.717) is 0 Å². The van der Waals surface area contributed by atoms with Gasteiger partial charge in [0.2, 0.25) is 0 Å². The zero-order chi connectivity index (χ0) is 16.7. The van der Waals surface area contributed by atoms with Crippen LogP contribution < -0.4 is 0 Å². The van der Waals surface area contributed by atoms with Crippen molar-refractivity contribution in [2.45, 2.75) is 19.4 Å². The summed E-state index contributed by atoms with van der Waals surface area (Å²) in [5, 5.41) is 8.84. The van der Waals surface area contributed by atoms with Crippen LogP contribution in [0.5, 0.6) is 0 Å². The number of morpholine rings is 1. The first-order valence-corrected chi connectivity index (χ1v) is 8.37.